The summed E-state index contributed by atoms with van der Waals surface area (Å²) in [6, 6.07) is 9.37. The zero-order valence-corrected chi connectivity index (χ0v) is 55.7. The molecule has 0 radical (unpaired) electrons. The number of carbonyl (C=O) groups excluding carboxylic acids is 1. The SMILES string of the molecule is CC1(C)C[C@H]2C3=CC[C@@H]4[C@@]5(C)CC[C@H](O[C@@H]6O[C@H](CO)[C@@H](O[C@@H]7OC[C@@H](O)[C@H](O)[C@H]7O)[C@H](O)[C@H]6O[C@@H]6O[C@H](CO)[C@@H](O)[C@H](O[C@@H]7O[C@H](CO)[C@@H](O)[C@H](O)[C@H]7O[C@@H]7O[C@H](CO)[C@@H](O)[C@H](O)[C@H]7O)[C@H]6O)C(C)(C)[C@@H]5CC[C@@]4(C)[C@]3(C)CC[C@@]2(C(=O)O)C[C@@H]1OC(=O)C=Cc1ccccc1. The summed E-state index contributed by atoms with van der Waals surface area (Å²) in [7, 11) is 0. The second kappa shape index (κ2) is 28.7. The molecule has 16 N–H and O–H groups in total. The highest BCUT2D eigenvalue weighted by Gasteiger charge is 2.71. The number of benzene rings is 1. The van der Waals surface area contributed by atoms with Gasteiger partial charge in [-0.3, -0.25) is 4.79 Å². The monoisotopic (exact) mass is 1380 g/mol. The molecule has 0 unspecified atom stereocenters. The van der Waals surface area contributed by atoms with Crippen molar-refractivity contribution < 1.29 is 143 Å². The Morgan fingerprint density at radius 1 is 0.526 bits per heavy atom. The fourth-order valence-corrected chi connectivity index (χ4v) is 18.9. The quantitative estimate of drug-likeness (QED) is 0.0335. The van der Waals surface area contributed by atoms with E-state index in [1.807, 2.05) is 30.3 Å². The van der Waals surface area contributed by atoms with E-state index in [0.717, 1.165) is 24.0 Å². The lowest BCUT2D eigenvalue weighted by Crippen LogP contribution is -2.69. The van der Waals surface area contributed by atoms with Crippen molar-refractivity contribution in [2.75, 3.05) is 33.0 Å². The standard InChI is InChI=1S/C68H102O29/c1-63(2)23-32-31-14-15-39-65(5)19-18-40(64(3,4)38(65)17-20-67(39,7)66(31,6)21-22-68(32,62(85)86)24-41(63)92-42(74)16-13-30-11-9-8-10-12-30)93-60-56(51(83)53(37(28-72)91-60)94-57-49(81)43(75)33(73)29-87-57)97-59-52(84)54(46(78)36(27-71)89-59)95-61-55(48(80)45(77)35(26-70)90-61)96-58-50(82)47(79)44(76)34(25-69)88-58/h8-14,16,32-41,43-61,69-73,75-84H,15,17-29H2,1-7H3,(H,85,86)/t32-,33+,34+,35+,36+,37+,38-,39+,40-,41-,43-,44+,45+,46+,47-,48-,49+,50+,51-,52+,53+,54-,55+,56+,57-,58-,59-,60-,61-,65-,66+,67+,68+/m0/s1. The second-order valence-electron chi connectivity index (χ2n) is 30.8. The first-order valence-electron chi connectivity index (χ1n) is 34.1. The Bertz CT molecular complexity index is 2940. The summed E-state index contributed by atoms with van der Waals surface area (Å²) in [4.78, 5) is 27.3. The van der Waals surface area contributed by atoms with Crippen LogP contribution >= 0.6 is 0 Å². The van der Waals surface area contributed by atoms with E-state index in [2.05, 4.69) is 54.5 Å². The number of aliphatic carboxylic acids is 1. The van der Waals surface area contributed by atoms with Crippen LogP contribution in [0.2, 0.25) is 0 Å². The molecule has 0 amide bonds. The van der Waals surface area contributed by atoms with Crippen LogP contribution in [0, 0.1) is 50.2 Å². The van der Waals surface area contributed by atoms with E-state index in [9.17, 15) is 91.3 Å². The molecule has 0 bridgehead atoms. The molecule has 4 saturated carbocycles. The molecule has 0 aromatic heterocycles. The predicted molar refractivity (Wildman–Crippen MR) is 331 cm³/mol. The van der Waals surface area contributed by atoms with Crippen LogP contribution in [0.1, 0.15) is 112 Å². The zero-order chi connectivity index (χ0) is 70.4. The molecule has 5 saturated heterocycles. The van der Waals surface area contributed by atoms with Crippen LogP contribution in [0.5, 0.6) is 0 Å². The third kappa shape index (κ3) is 13.3. The van der Waals surface area contributed by atoms with E-state index in [-0.39, 0.29) is 35.0 Å². The summed E-state index contributed by atoms with van der Waals surface area (Å²) in [5.41, 5.74) is -1.51. The van der Waals surface area contributed by atoms with Gasteiger partial charge in [-0.25, -0.2) is 4.79 Å². The summed E-state index contributed by atoms with van der Waals surface area (Å²) in [6.07, 6.45) is -35.7. The molecule has 11 rings (SSSR count). The van der Waals surface area contributed by atoms with Gasteiger partial charge in [0.05, 0.1) is 44.6 Å². The molecule has 97 heavy (non-hydrogen) atoms. The Kier molecular flexibility index (Phi) is 22.1. The van der Waals surface area contributed by atoms with Gasteiger partial charge in [0.15, 0.2) is 31.5 Å². The molecule has 9 fully saturated rings. The first kappa shape index (κ1) is 74.8. The minimum absolute atomic E-state index is 0.0322. The average Bonchev–Trinajstić information content (AvgIpc) is 0.674. The molecule has 1 aromatic carbocycles. The van der Waals surface area contributed by atoms with E-state index in [1.54, 1.807) is 6.08 Å². The minimum Gasteiger partial charge on any atom is -0.481 e. The van der Waals surface area contributed by atoms with Crippen molar-refractivity contribution in [3.05, 3.63) is 53.6 Å². The second-order valence-corrected chi connectivity index (χ2v) is 30.8. The minimum atomic E-state index is -2.20. The summed E-state index contributed by atoms with van der Waals surface area (Å²) < 4.78 is 67.2. The van der Waals surface area contributed by atoms with Crippen LogP contribution in [0.25, 0.3) is 6.08 Å². The topological polar surface area (TPSA) is 459 Å². The Morgan fingerprint density at radius 3 is 1.72 bits per heavy atom. The summed E-state index contributed by atoms with van der Waals surface area (Å²) in [5, 5.41) is 176. The Balaban J connectivity index is 0.854. The van der Waals surface area contributed by atoms with Gasteiger partial charge in [0.2, 0.25) is 0 Å². The van der Waals surface area contributed by atoms with E-state index >= 15 is 0 Å². The smallest absolute Gasteiger partial charge is 0.331 e. The number of ether oxygens (including phenoxy) is 11. The number of hydrogen-bond acceptors (Lipinski definition) is 28. The van der Waals surface area contributed by atoms with Gasteiger partial charge in [0.1, 0.15) is 122 Å². The van der Waals surface area contributed by atoms with Crippen LogP contribution in [-0.4, -0.2) is 286 Å². The number of fused-ring (bicyclic) bond motifs is 7. The summed E-state index contributed by atoms with van der Waals surface area (Å²) >= 11 is 0. The molecule has 29 nitrogen and oxygen atoms in total. The molecular weight excluding hydrogens is 1280 g/mol. The number of hydrogen-bond donors (Lipinski definition) is 16. The first-order chi connectivity index (χ1) is 45.7. The molecule has 1 aromatic rings. The first-order valence-corrected chi connectivity index (χ1v) is 34.1. The maximum absolute atomic E-state index is 13.9. The molecule has 5 aliphatic carbocycles. The van der Waals surface area contributed by atoms with Crippen LogP contribution in [-0.2, 0) is 61.7 Å². The van der Waals surface area contributed by atoms with E-state index in [0.29, 0.717) is 38.5 Å². The summed E-state index contributed by atoms with van der Waals surface area (Å²) in [6.45, 7) is 11.1. The molecule has 5 heterocycles. The Labute approximate surface area is 562 Å². The number of aliphatic hydroxyl groups is 15. The van der Waals surface area contributed by atoms with Crippen molar-refractivity contribution in [2.45, 2.75) is 266 Å². The molecule has 5 aliphatic heterocycles. The highest BCUT2D eigenvalue weighted by Crippen LogP contribution is 2.76. The van der Waals surface area contributed by atoms with E-state index in [4.69, 9.17) is 52.1 Å². The molecule has 10 aliphatic rings. The highest BCUT2D eigenvalue weighted by atomic mass is 16.8. The maximum atomic E-state index is 13.9. The van der Waals surface area contributed by atoms with Crippen molar-refractivity contribution >= 4 is 18.0 Å². The van der Waals surface area contributed by atoms with Crippen molar-refractivity contribution in [2.24, 2.45) is 50.2 Å². The summed E-state index contributed by atoms with van der Waals surface area (Å²) in [5.74, 6) is -1.67. The number of rotatable bonds is 18. The van der Waals surface area contributed by atoms with E-state index in [1.165, 1.54) is 6.08 Å². The molecule has 33 atom stereocenters. The van der Waals surface area contributed by atoms with Crippen molar-refractivity contribution in [3.63, 3.8) is 0 Å². The van der Waals surface area contributed by atoms with Crippen molar-refractivity contribution in [1.29, 1.82) is 0 Å². The Morgan fingerprint density at radius 2 is 1.08 bits per heavy atom. The number of carboxylic acid groups (broad SMARTS) is 1. The maximum Gasteiger partial charge on any atom is 0.331 e. The van der Waals surface area contributed by atoms with Gasteiger partial charge in [0.25, 0.3) is 0 Å². The van der Waals surface area contributed by atoms with Gasteiger partial charge in [-0.2, -0.15) is 0 Å². The largest absolute Gasteiger partial charge is 0.481 e. The lowest BCUT2D eigenvalue weighted by molar-refractivity contribution is -0.406. The molecular formula is C68H102O29. The van der Waals surface area contributed by atoms with Crippen molar-refractivity contribution in [1.82, 2.24) is 0 Å². The van der Waals surface area contributed by atoms with Crippen LogP contribution < -0.4 is 0 Å². The lowest BCUT2D eigenvalue weighted by Gasteiger charge is -2.71. The molecule has 29 heteroatoms. The number of allylic oxidation sites excluding steroid dienone is 2. The van der Waals surface area contributed by atoms with Gasteiger partial charge in [-0.1, -0.05) is 90.4 Å². The number of aliphatic hydroxyl groups excluding tert-OH is 15. The van der Waals surface area contributed by atoms with Crippen molar-refractivity contribution in [3.8, 4) is 0 Å². The zero-order valence-electron chi connectivity index (χ0n) is 55.7. The van der Waals surface area contributed by atoms with Gasteiger partial charge in [0, 0.05) is 17.9 Å². The molecule has 0 spiro atoms. The number of carbonyl (C=O) groups is 2. The molecule has 548 valence electrons. The van der Waals surface area contributed by atoms with Crippen LogP contribution in [0.3, 0.4) is 0 Å². The van der Waals surface area contributed by atoms with Crippen LogP contribution in [0.4, 0.5) is 0 Å². The number of carboxylic acids is 1. The van der Waals surface area contributed by atoms with Gasteiger partial charge >= 0.3 is 11.9 Å². The van der Waals surface area contributed by atoms with Gasteiger partial charge in [-0.15, -0.1) is 0 Å². The van der Waals surface area contributed by atoms with Gasteiger partial charge < -0.3 is 134 Å². The number of esters is 1. The normalized spacial score (nSPS) is 49.7. The predicted octanol–water partition coefficient (Wildman–Crippen LogP) is -1.77. The van der Waals surface area contributed by atoms with E-state index < -0.39 is 226 Å². The van der Waals surface area contributed by atoms with Crippen LogP contribution in [0.15, 0.2) is 48.1 Å². The lowest BCUT2D eigenvalue weighted by atomic mass is 9.33. The third-order valence-electron chi connectivity index (χ3n) is 24.8. The highest BCUT2D eigenvalue weighted by molar-refractivity contribution is 5.87. The third-order valence-corrected chi connectivity index (χ3v) is 24.8. The Hall–Kier alpha value is -3.36. The average molecular weight is 1380 g/mol. The fraction of sp³-hybridized carbons (Fsp3) is 0.824. The van der Waals surface area contributed by atoms with Gasteiger partial charge in [-0.05, 0) is 102 Å². The fourth-order valence-electron chi connectivity index (χ4n) is 18.9.